The first kappa shape index (κ1) is 22.5. The molecule has 1 saturated heterocycles. The molecule has 9 nitrogen and oxygen atoms in total. The fraction of sp³-hybridized carbons (Fsp3) is 0.333. The summed E-state index contributed by atoms with van der Waals surface area (Å²) in [5, 5.41) is 3.11. The fourth-order valence-corrected chi connectivity index (χ4v) is 3.94. The maximum atomic E-state index is 12.1. The molecule has 1 N–H and O–H groups in total. The summed E-state index contributed by atoms with van der Waals surface area (Å²) >= 11 is 0. The van der Waals surface area contributed by atoms with E-state index in [0.29, 0.717) is 5.06 Å². The summed E-state index contributed by atoms with van der Waals surface area (Å²) < 4.78 is 10.7. The van der Waals surface area contributed by atoms with Crippen molar-refractivity contribution in [1.82, 2.24) is 10.4 Å². The summed E-state index contributed by atoms with van der Waals surface area (Å²) in [5.74, 6) is -1.80. The number of benzene rings is 2. The lowest BCUT2D eigenvalue weighted by Crippen LogP contribution is -2.32. The molecule has 4 rings (SSSR count). The maximum Gasteiger partial charge on any atom is 0.407 e. The molecule has 2 aromatic rings. The summed E-state index contributed by atoms with van der Waals surface area (Å²) in [7, 11) is 0. The molecule has 1 aliphatic carbocycles. The average molecular weight is 452 g/mol. The number of alkyl carbamates (subject to hydrolysis) is 1. The van der Waals surface area contributed by atoms with Gasteiger partial charge >= 0.3 is 12.1 Å². The highest BCUT2D eigenvalue weighted by atomic mass is 16.7. The van der Waals surface area contributed by atoms with Gasteiger partial charge in [-0.15, -0.1) is 5.06 Å². The predicted molar refractivity (Wildman–Crippen MR) is 116 cm³/mol. The number of nitrogens with zero attached hydrogens (tertiary/aromatic N) is 1. The molecule has 172 valence electrons. The Bertz CT molecular complexity index is 1010. The Kier molecular flexibility index (Phi) is 6.99. The van der Waals surface area contributed by atoms with Crippen LogP contribution in [0.4, 0.5) is 4.79 Å². The number of hydroxylamine groups is 2. The molecule has 1 aliphatic heterocycles. The zero-order valence-electron chi connectivity index (χ0n) is 18.0. The lowest BCUT2D eigenvalue weighted by Gasteiger charge is -2.14. The molecule has 0 atom stereocenters. The van der Waals surface area contributed by atoms with Crippen molar-refractivity contribution in [2.45, 2.75) is 25.2 Å². The number of carbonyl (C=O) groups excluding carboxylic acids is 4. The number of rotatable bonds is 9. The van der Waals surface area contributed by atoms with Gasteiger partial charge in [0.25, 0.3) is 11.8 Å². The van der Waals surface area contributed by atoms with E-state index < -0.39 is 23.9 Å². The summed E-state index contributed by atoms with van der Waals surface area (Å²) in [4.78, 5) is 51.3. The van der Waals surface area contributed by atoms with Crippen LogP contribution in [-0.4, -0.2) is 55.3 Å². The molecule has 2 aliphatic rings. The van der Waals surface area contributed by atoms with Crippen LogP contribution in [0, 0.1) is 0 Å². The molecular weight excluding hydrogens is 428 g/mol. The second-order valence-corrected chi connectivity index (χ2v) is 7.66. The Morgan fingerprint density at radius 2 is 1.52 bits per heavy atom. The van der Waals surface area contributed by atoms with Crippen molar-refractivity contribution < 1.29 is 33.5 Å². The first-order valence-electron chi connectivity index (χ1n) is 10.8. The van der Waals surface area contributed by atoms with Crippen molar-refractivity contribution >= 4 is 23.9 Å². The molecule has 0 bridgehead atoms. The second-order valence-electron chi connectivity index (χ2n) is 7.66. The predicted octanol–water partition coefficient (Wildman–Crippen LogP) is 2.54. The summed E-state index contributed by atoms with van der Waals surface area (Å²) in [5.41, 5.74) is 4.60. The molecule has 0 radical (unpaired) electrons. The van der Waals surface area contributed by atoms with E-state index in [1.165, 1.54) is 0 Å². The highest BCUT2D eigenvalue weighted by molar-refractivity contribution is 6.01. The molecule has 33 heavy (non-hydrogen) atoms. The molecule has 1 heterocycles. The Morgan fingerprint density at radius 3 is 2.15 bits per heavy atom. The number of fused-ring (bicyclic) bond motifs is 3. The molecule has 9 heteroatoms. The van der Waals surface area contributed by atoms with Gasteiger partial charge in [-0.25, -0.2) is 9.59 Å². The van der Waals surface area contributed by atoms with E-state index in [1.54, 1.807) is 0 Å². The van der Waals surface area contributed by atoms with E-state index in [4.69, 9.17) is 14.3 Å². The Balaban J connectivity index is 1.13. The number of hydrogen-bond acceptors (Lipinski definition) is 7. The third-order valence-electron chi connectivity index (χ3n) is 5.51. The molecule has 1 fully saturated rings. The molecule has 0 aromatic heterocycles. The minimum Gasteiger partial charge on any atom is -0.449 e. The third-order valence-corrected chi connectivity index (χ3v) is 5.51. The number of carbonyl (C=O) groups is 4. The number of nitrogens with one attached hydrogen (secondary N) is 1. The fourth-order valence-electron chi connectivity index (χ4n) is 3.94. The lowest BCUT2D eigenvalue weighted by atomic mass is 9.98. The lowest BCUT2D eigenvalue weighted by molar-refractivity contribution is -0.198. The van der Waals surface area contributed by atoms with Gasteiger partial charge in [-0.3, -0.25) is 9.59 Å². The zero-order chi connectivity index (χ0) is 23.2. The number of amides is 3. The Labute approximate surface area is 190 Å². The third kappa shape index (κ3) is 5.20. The highest BCUT2D eigenvalue weighted by Crippen LogP contribution is 2.44. The molecule has 0 spiro atoms. The molecule has 2 aromatic carbocycles. The van der Waals surface area contributed by atoms with E-state index in [1.807, 2.05) is 24.3 Å². The van der Waals surface area contributed by atoms with Crippen LogP contribution >= 0.6 is 0 Å². The van der Waals surface area contributed by atoms with Crippen LogP contribution in [0.1, 0.15) is 36.3 Å². The van der Waals surface area contributed by atoms with Crippen molar-refractivity contribution in [3.8, 4) is 11.1 Å². The normalized spacial score (nSPS) is 14.7. The van der Waals surface area contributed by atoms with Gasteiger partial charge in [0.1, 0.15) is 6.61 Å². The summed E-state index contributed by atoms with van der Waals surface area (Å²) in [6, 6.07) is 16.2. The monoisotopic (exact) mass is 452 g/mol. The van der Waals surface area contributed by atoms with Crippen molar-refractivity contribution in [1.29, 1.82) is 0 Å². The van der Waals surface area contributed by atoms with Gasteiger partial charge in [0.05, 0.1) is 19.6 Å². The van der Waals surface area contributed by atoms with Crippen LogP contribution in [0.3, 0.4) is 0 Å². The van der Waals surface area contributed by atoms with Gasteiger partial charge in [-0.05, 0) is 22.3 Å². The van der Waals surface area contributed by atoms with Gasteiger partial charge in [0.2, 0.25) is 0 Å². The van der Waals surface area contributed by atoms with Gasteiger partial charge in [-0.1, -0.05) is 48.5 Å². The minimum atomic E-state index is -0.733. The maximum absolute atomic E-state index is 12.1. The zero-order valence-corrected chi connectivity index (χ0v) is 18.0. The smallest absolute Gasteiger partial charge is 0.407 e. The van der Waals surface area contributed by atoms with E-state index in [0.717, 1.165) is 22.3 Å². The first-order chi connectivity index (χ1) is 16.0. The molecule has 3 amide bonds. The SMILES string of the molecule is O=C(CCOCCNC(=O)OCC1c2ccccc2-c2ccccc21)ON1C(=O)CCC1=O. The van der Waals surface area contributed by atoms with Crippen LogP contribution in [0.5, 0.6) is 0 Å². The van der Waals surface area contributed by atoms with Crippen molar-refractivity contribution in [3.05, 3.63) is 59.7 Å². The van der Waals surface area contributed by atoms with Crippen LogP contribution < -0.4 is 5.32 Å². The Morgan fingerprint density at radius 1 is 0.909 bits per heavy atom. The molecule has 0 saturated carbocycles. The first-order valence-corrected chi connectivity index (χ1v) is 10.8. The average Bonchev–Trinajstić information content (AvgIpc) is 3.31. The van der Waals surface area contributed by atoms with Gasteiger partial charge in [0, 0.05) is 25.3 Å². The van der Waals surface area contributed by atoms with Crippen molar-refractivity contribution in [3.63, 3.8) is 0 Å². The number of imide groups is 1. The summed E-state index contributed by atoms with van der Waals surface area (Å²) in [6.45, 7) is 0.621. The van der Waals surface area contributed by atoms with E-state index in [2.05, 4.69) is 29.6 Å². The van der Waals surface area contributed by atoms with Crippen LogP contribution in [0.15, 0.2) is 48.5 Å². The van der Waals surface area contributed by atoms with Crippen LogP contribution in [-0.2, 0) is 28.7 Å². The summed E-state index contributed by atoms with van der Waals surface area (Å²) in [6.07, 6.45) is -0.582. The molecule has 0 unspecified atom stereocenters. The number of hydrogen-bond donors (Lipinski definition) is 1. The largest absolute Gasteiger partial charge is 0.449 e. The van der Waals surface area contributed by atoms with Gasteiger partial charge < -0.3 is 19.6 Å². The van der Waals surface area contributed by atoms with E-state index in [-0.39, 0.29) is 51.5 Å². The quantitative estimate of drug-likeness (QED) is 0.460. The van der Waals surface area contributed by atoms with E-state index in [9.17, 15) is 19.2 Å². The van der Waals surface area contributed by atoms with Crippen molar-refractivity contribution in [2.75, 3.05) is 26.4 Å². The highest BCUT2D eigenvalue weighted by Gasteiger charge is 2.32. The number of ether oxygens (including phenoxy) is 2. The van der Waals surface area contributed by atoms with Crippen LogP contribution in [0.2, 0.25) is 0 Å². The second kappa shape index (κ2) is 10.3. The van der Waals surface area contributed by atoms with Crippen molar-refractivity contribution in [2.24, 2.45) is 0 Å². The molecular formula is C24H24N2O7. The van der Waals surface area contributed by atoms with Crippen LogP contribution in [0.25, 0.3) is 11.1 Å². The van der Waals surface area contributed by atoms with E-state index >= 15 is 0 Å². The van der Waals surface area contributed by atoms with Gasteiger partial charge in [0.15, 0.2) is 0 Å². The minimum absolute atomic E-state index is 0.0141. The Hall–Kier alpha value is -3.72. The van der Waals surface area contributed by atoms with Gasteiger partial charge in [-0.2, -0.15) is 0 Å². The standard InChI is InChI=1S/C24H24N2O7/c27-21-9-10-22(28)26(21)33-23(29)11-13-31-14-12-25-24(30)32-15-20-18-7-3-1-5-16(18)17-6-2-4-8-19(17)20/h1-8,20H,9-15H2,(H,25,30). The topological polar surface area (TPSA) is 111 Å².